The minimum Gasteiger partial charge on any atom is -0.393 e. The number of hydrogen-bond donors (Lipinski definition) is 1. The van der Waals surface area contributed by atoms with Crippen molar-refractivity contribution in [2.75, 3.05) is 0 Å². The van der Waals surface area contributed by atoms with Gasteiger partial charge in [0.1, 0.15) is 5.82 Å². The average molecular weight is 290 g/mol. The van der Waals surface area contributed by atoms with Crippen molar-refractivity contribution < 1.29 is 14.0 Å². The molecule has 2 aromatic rings. The molecule has 5 heteroatoms. The number of benzene rings is 1. The Hall–Kier alpha value is -1.75. The van der Waals surface area contributed by atoms with Crippen LogP contribution in [0, 0.1) is 11.7 Å². The van der Waals surface area contributed by atoms with Gasteiger partial charge in [-0.2, -0.15) is 4.98 Å². The second-order valence-corrected chi connectivity index (χ2v) is 5.69. The molecule has 0 aliphatic heterocycles. The van der Waals surface area contributed by atoms with Gasteiger partial charge in [0.25, 0.3) is 0 Å². The zero-order valence-electron chi connectivity index (χ0n) is 11.8. The molecule has 1 aromatic carbocycles. The van der Waals surface area contributed by atoms with Crippen LogP contribution in [-0.2, 0) is 12.8 Å². The highest BCUT2D eigenvalue weighted by atomic mass is 19.1. The van der Waals surface area contributed by atoms with Crippen molar-refractivity contribution in [3.8, 4) is 0 Å². The molecule has 1 heterocycles. The quantitative estimate of drug-likeness (QED) is 0.940. The maximum Gasteiger partial charge on any atom is 0.227 e. The van der Waals surface area contributed by atoms with E-state index >= 15 is 0 Å². The summed E-state index contributed by atoms with van der Waals surface area (Å²) in [7, 11) is 0. The molecule has 2 unspecified atom stereocenters. The molecule has 1 aliphatic carbocycles. The van der Waals surface area contributed by atoms with E-state index in [9.17, 15) is 9.50 Å². The Labute approximate surface area is 123 Å². The molecule has 3 rings (SSSR count). The molecule has 112 valence electrons. The molecule has 1 aromatic heterocycles. The number of aliphatic hydroxyl groups is 1. The van der Waals surface area contributed by atoms with Crippen LogP contribution in [0.4, 0.5) is 4.39 Å². The lowest BCUT2D eigenvalue weighted by atomic mass is 9.84. The highest BCUT2D eigenvalue weighted by Gasteiger charge is 2.25. The van der Waals surface area contributed by atoms with E-state index in [0.29, 0.717) is 30.1 Å². The van der Waals surface area contributed by atoms with Gasteiger partial charge in [-0.25, -0.2) is 4.39 Å². The van der Waals surface area contributed by atoms with Crippen LogP contribution in [0.3, 0.4) is 0 Å². The van der Waals surface area contributed by atoms with E-state index in [1.54, 1.807) is 18.2 Å². The predicted octanol–water partition coefficient (Wildman–Crippen LogP) is 2.89. The molecule has 2 atom stereocenters. The van der Waals surface area contributed by atoms with Crippen molar-refractivity contribution >= 4 is 0 Å². The van der Waals surface area contributed by atoms with Crippen molar-refractivity contribution in [2.24, 2.45) is 5.92 Å². The summed E-state index contributed by atoms with van der Waals surface area (Å²) in [5.74, 6) is 0.958. The zero-order chi connectivity index (χ0) is 14.7. The number of aromatic nitrogens is 2. The topological polar surface area (TPSA) is 59.2 Å². The molecule has 21 heavy (non-hydrogen) atoms. The van der Waals surface area contributed by atoms with Gasteiger partial charge in [-0.1, -0.05) is 36.2 Å². The highest BCUT2D eigenvalue weighted by Crippen LogP contribution is 2.27. The van der Waals surface area contributed by atoms with Gasteiger partial charge in [0.15, 0.2) is 5.82 Å². The summed E-state index contributed by atoms with van der Waals surface area (Å²) in [6, 6.07) is 6.59. The Bertz CT molecular complexity index is 599. The third kappa shape index (κ3) is 3.47. The lowest BCUT2D eigenvalue weighted by Gasteiger charge is -2.26. The van der Waals surface area contributed by atoms with E-state index < -0.39 is 0 Å². The van der Waals surface area contributed by atoms with E-state index in [4.69, 9.17) is 4.52 Å². The highest BCUT2D eigenvalue weighted by molar-refractivity contribution is 5.20. The smallest absolute Gasteiger partial charge is 0.227 e. The summed E-state index contributed by atoms with van der Waals surface area (Å²) >= 11 is 0. The molecule has 0 saturated heterocycles. The van der Waals surface area contributed by atoms with Gasteiger partial charge in [-0.15, -0.1) is 0 Å². The van der Waals surface area contributed by atoms with E-state index in [0.717, 1.165) is 25.7 Å². The Morgan fingerprint density at radius 2 is 2.05 bits per heavy atom. The third-order valence-corrected chi connectivity index (χ3v) is 4.12. The van der Waals surface area contributed by atoms with Gasteiger partial charge in [0.2, 0.25) is 5.89 Å². The summed E-state index contributed by atoms with van der Waals surface area (Å²) in [6.07, 6.45) is 4.71. The number of aliphatic hydroxyl groups excluding tert-OH is 1. The maximum absolute atomic E-state index is 13.6. The standard InChI is InChI=1S/C16H19FN2O2/c17-13-7-3-1-5-11(13)9-15-18-16(21-19-15)10-12-6-2-4-8-14(12)20/h1,3,5,7,12,14,20H,2,4,6,8-10H2. The lowest BCUT2D eigenvalue weighted by Crippen LogP contribution is -2.26. The lowest BCUT2D eigenvalue weighted by molar-refractivity contribution is 0.0657. The second kappa shape index (κ2) is 6.35. The molecule has 0 bridgehead atoms. The van der Waals surface area contributed by atoms with Crippen LogP contribution in [-0.4, -0.2) is 21.4 Å². The van der Waals surface area contributed by atoms with E-state index in [1.807, 2.05) is 0 Å². The minimum absolute atomic E-state index is 0.195. The van der Waals surface area contributed by atoms with Crippen LogP contribution in [0.5, 0.6) is 0 Å². The molecule has 1 aliphatic rings. The van der Waals surface area contributed by atoms with Crippen molar-refractivity contribution in [3.63, 3.8) is 0 Å². The number of nitrogens with zero attached hydrogens (tertiary/aromatic N) is 2. The predicted molar refractivity (Wildman–Crippen MR) is 75.2 cm³/mol. The third-order valence-electron chi connectivity index (χ3n) is 4.12. The summed E-state index contributed by atoms with van der Waals surface area (Å²) in [4.78, 5) is 4.32. The molecule has 1 N–H and O–H groups in total. The monoisotopic (exact) mass is 290 g/mol. The van der Waals surface area contributed by atoms with Crippen LogP contribution in [0.15, 0.2) is 28.8 Å². The fourth-order valence-corrected chi connectivity index (χ4v) is 2.91. The maximum atomic E-state index is 13.6. The van der Waals surface area contributed by atoms with Crippen LogP contribution < -0.4 is 0 Å². The van der Waals surface area contributed by atoms with Crippen LogP contribution >= 0.6 is 0 Å². The molecule has 0 spiro atoms. The summed E-state index contributed by atoms with van der Waals surface area (Å²) in [5, 5.41) is 13.9. The molecular formula is C16H19FN2O2. The second-order valence-electron chi connectivity index (χ2n) is 5.69. The first-order chi connectivity index (χ1) is 10.2. The van der Waals surface area contributed by atoms with E-state index in [-0.39, 0.29) is 17.8 Å². The number of rotatable bonds is 4. The molecule has 1 fully saturated rings. The van der Waals surface area contributed by atoms with Gasteiger partial charge in [0, 0.05) is 12.8 Å². The number of halogens is 1. The average Bonchev–Trinajstić information content (AvgIpc) is 2.91. The summed E-state index contributed by atoms with van der Waals surface area (Å²) < 4.78 is 18.8. The largest absolute Gasteiger partial charge is 0.393 e. The Balaban J connectivity index is 1.65. The Morgan fingerprint density at radius 3 is 2.86 bits per heavy atom. The normalized spacial score (nSPS) is 22.4. The first kappa shape index (κ1) is 14.2. The van der Waals surface area contributed by atoms with E-state index in [2.05, 4.69) is 10.1 Å². The van der Waals surface area contributed by atoms with Gasteiger partial charge in [0.05, 0.1) is 6.10 Å². The first-order valence-electron chi connectivity index (χ1n) is 7.45. The zero-order valence-corrected chi connectivity index (χ0v) is 11.8. The molecule has 1 saturated carbocycles. The molecule has 0 amide bonds. The SMILES string of the molecule is OC1CCCCC1Cc1nc(Cc2ccccc2F)no1. The van der Waals surface area contributed by atoms with Gasteiger partial charge >= 0.3 is 0 Å². The molecule has 0 radical (unpaired) electrons. The fraction of sp³-hybridized carbons (Fsp3) is 0.500. The van der Waals surface area contributed by atoms with Crippen molar-refractivity contribution in [1.29, 1.82) is 0 Å². The molecular weight excluding hydrogens is 271 g/mol. The molecule has 4 nitrogen and oxygen atoms in total. The summed E-state index contributed by atoms with van der Waals surface area (Å²) in [5.41, 5.74) is 0.558. The van der Waals surface area contributed by atoms with E-state index in [1.165, 1.54) is 6.07 Å². The van der Waals surface area contributed by atoms with Crippen LogP contribution in [0.2, 0.25) is 0 Å². The first-order valence-corrected chi connectivity index (χ1v) is 7.45. The van der Waals surface area contributed by atoms with Gasteiger partial charge < -0.3 is 9.63 Å². The van der Waals surface area contributed by atoms with Gasteiger partial charge in [-0.05, 0) is 30.4 Å². The van der Waals surface area contributed by atoms with Crippen molar-refractivity contribution in [3.05, 3.63) is 47.4 Å². The van der Waals surface area contributed by atoms with Crippen molar-refractivity contribution in [2.45, 2.75) is 44.6 Å². The minimum atomic E-state index is -0.277. The van der Waals surface area contributed by atoms with Crippen molar-refractivity contribution in [1.82, 2.24) is 10.1 Å². The number of hydrogen-bond acceptors (Lipinski definition) is 4. The summed E-state index contributed by atoms with van der Waals surface area (Å²) in [6.45, 7) is 0. The van der Waals surface area contributed by atoms with Gasteiger partial charge in [-0.3, -0.25) is 0 Å². The fourth-order valence-electron chi connectivity index (χ4n) is 2.91. The van der Waals surface area contributed by atoms with Crippen LogP contribution in [0.1, 0.15) is 43.0 Å². The van der Waals surface area contributed by atoms with Crippen LogP contribution in [0.25, 0.3) is 0 Å². The Kier molecular flexibility index (Phi) is 4.29. The Morgan fingerprint density at radius 1 is 1.24 bits per heavy atom.